The fourth-order valence-electron chi connectivity index (χ4n) is 3.79. The highest BCUT2D eigenvalue weighted by molar-refractivity contribution is 5.48. The number of nitrogens with zero attached hydrogens (tertiary/aromatic N) is 1. The third kappa shape index (κ3) is 4.67. The normalized spacial score (nSPS) is 23.6. The predicted molar refractivity (Wildman–Crippen MR) is 106 cm³/mol. The number of benzene rings is 2. The average molecular weight is 333 g/mol. The lowest BCUT2D eigenvalue weighted by molar-refractivity contribution is 0.0291. The molecule has 25 heavy (non-hydrogen) atoms. The van der Waals surface area contributed by atoms with Gasteiger partial charge in [0.05, 0.1) is 12.7 Å². The number of hydrogen-bond donors (Lipinski definition) is 0. The predicted octanol–water partition coefficient (Wildman–Crippen LogP) is 5.30. The van der Waals surface area contributed by atoms with Gasteiger partial charge in [-0.1, -0.05) is 72.8 Å². The van der Waals surface area contributed by atoms with Crippen LogP contribution < -0.4 is 0 Å². The second-order valence-corrected chi connectivity index (χ2v) is 6.87. The van der Waals surface area contributed by atoms with Crippen molar-refractivity contribution in [1.82, 2.24) is 0 Å². The molecule has 1 aliphatic carbocycles. The quantitative estimate of drug-likeness (QED) is 0.630. The van der Waals surface area contributed by atoms with E-state index in [9.17, 15) is 0 Å². The molecule has 0 spiro atoms. The van der Waals surface area contributed by atoms with Crippen LogP contribution in [-0.2, 0) is 10.2 Å². The molecular weight excluding hydrogens is 306 g/mol. The summed E-state index contributed by atoms with van der Waals surface area (Å²) in [6.07, 6.45) is 8.99. The van der Waals surface area contributed by atoms with Crippen LogP contribution in [-0.4, -0.2) is 26.0 Å². The molecule has 0 radical (unpaired) electrons. The first-order chi connectivity index (χ1) is 12.3. The van der Waals surface area contributed by atoms with E-state index >= 15 is 0 Å². The minimum absolute atomic E-state index is 0.142. The van der Waals surface area contributed by atoms with E-state index in [1.807, 2.05) is 6.07 Å². The van der Waals surface area contributed by atoms with Crippen LogP contribution in [0.2, 0.25) is 0 Å². The molecular formula is C23H27NO. The van der Waals surface area contributed by atoms with Crippen LogP contribution >= 0.6 is 0 Å². The van der Waals surface area contributed by atoms with Gasteiger partial charge in [0.2, 0.25) is 0 Å². The molecule has 2 aromatic carbocycles. The molecule has 0 N–H and O–H groups in total. The lowest BCUT2D eigenvalue weighted by Gasteiger charge is -2.39. The second-order valence-electron chi connectivity index (χ2n) is 6.87. The third-order valence-corrected chi connectivity index (χ3v) is 5.23. The fourth-order valence-corrected chi connectivity index (χ4v) is 3.79. The number of rotatable bonds is 7. The van der Waals surface area contributed by atoms with Gasteiger partial charge in [-0.3, -0.25) is 0 Å². The van der Waals surface area contributed by atoms with Gasteiger partial charge in [-0.25, -0.2) is 0 Å². The molecule has 0 aliphatic heterocycles. The van der Waals surface area contributed by atoms with E-state index < -0.39 is 0 Å². The maximum absolute atomic E-state index is 6.08. The summed E-state index contributed by atoms with van der Waals surface area (Å²) in [6, 6.07) is 21.1. The zero-order valence-electron chi connectivity index (χ0n) is 14.8. The summed E-state index contributed by atoms with van der Waals surface area (Å²) >= 11 is 0. The van der Waals surface area contributed by atoms with Gasteiger partial charge in [-0.05, 0) is 43.5 Å². The molecule has 0 aromatic heterocycles. The van der Waals surface area contributed by atoms with E-state index in [4.69, 9.17) is 4.74 Å². The zero-order chi connectivity index (χ0) is 17.4. The minimum Gasteiger partial charge on any atom is -0.374 e. The van der Waals surface area contributed by atoms with E-state index in [0.29, 0.717) is 12.7 Å². The zero-order valence-corrected chi connectivity index (χ0v) is 14.8. The molecule has 2 heteroatoms. The Morgan fingerprint density at radius 3 is 2.28 bits per heavy atom. The Kier molecular flexibility index (Phi) is 6.19. The van der Waals surface area contributed by atoms with E-state index in [0.717, 1.165) is 32.2 Å². The van der Waals surface area contributed by atoms with Crippen LogP contribution in [0.3, 0.4) is 0 Å². The standard InChI is InChI=1S/C23H27NO/c1-24-19-23(21-12-6-3-7-13-21)16-14-22(15-17-23)25-18-8-11-20-9-4-2-5-10-20/h2-13,22H,1,14-19H2/b11-8+. The van der Waals surface area contributed by atoms with Crippen molar-refractivity contribution in [2.75, 3.05) is 13.2 Å². The molecule has 1 fully saturated rings. The molecule has 0 amide bonds. The van der Waals surface area contributed by atoms with E-state index in [-0.39, 0.29) is 5.41 Å². The lowest BCUT2D eigenvalue weighted by atomic mass is 9.68. The Balaban J connectivity index is 1.52. The molecule has 1 aliphatic rings. The van der Waals surface area contributed by atoms with Crippen molar-refractivity contribution in [2.24, 2.45) is 4.99 Å². The van der Waals surface area contributed by atoms with Crippen molar-refractivity contribution < 1.29 is 4.74 Å². The van der Waals surface area contributed by atoms with Crippen LogP contribution in [0.15, 0.2) is 71.7 Å². The van der Waals surface area contributed by atoms with Crippen LogP contribution in [0, 0.1) is 0 Å². The molecule has 0 unspecified atom stereocenters. The van der Waals surface area contributed by atoms with Gasteiger partial charge in [0.15, 0.2) is 0 Å². The Bertz CT molecular complexity index is 670. The van der Waals surface area contributed by atoms with Gasteiger partial charge in [-0.15, -0.1) is 0 Å². The fraction of sp³-hybridized carbons (Fsp3) is 0.348. The molecule has 130 valence electrons. The number of aliphatic imine (C=N–C) groups is 1. The summed E-state index contributed by atoms with van der Waals surface area (Å²) in [7, 11) is 0. The number of ether oxygens (including phenoxy) is 1. The highest BCUT2D eigenvalue weighted by Gasteiger charge is 2.36. The highest BCUT2D eigenvalue weighted by Crippen LogP contribution is 2.40. The summed E-state index contributed by atoms with van der Waals surface area (Å²) < 4.78 is 6.08. The van der Waals surface area contributed by atoms with Gasteiger partial charge < -0.3 is 9.73 Å². The Hall–Kier alpha value is -2.19. The van der Waals surface area contributed by atoms with Gasteiger partial charge >= 0.3 is 0 Å². The molecule has 2 nitrogen and oxygen atoms in total. The first-order valence-corrected chi connectivity index (χ1v) is 9.14. The van der Waals surface area contributed by atoms with Crippen molar-refractivity contribution in [3.63, 3.8) is 0 Å². The van der Waals surface area contributed by atoms with Gasteiger partial charge in [0, 0.05) is 12.0 Å². The summed E-state index contributed by atoms with van der Waals surface area (Å²) in [5, 5.41) is 0. The van der Waals surface area contributed by atoms with Crippen molar-refractivity contribution in [3.8, 4) is 0 Å². The summed E-state index contributed by atoms with van der Waals surface area (Å²) in [5.41, 5.74) is 2.75. The molecule has 0 heterocycles. The average Bonchev–Trinajstić information content (AvgIpc) is 2.68. The minimum atomic E-state index is 0.142. The summed E-state index contributed by atoms with van der Waals surface area (Å²) in [4.78, 5) is 4.24. The number of hydrogen-bond acceptors (Lipinski definition) is 2. The molecule has 3 rings (SSSR count). The van der Waals surface area contributed by atoms with Crippen LogP contribution in [0.5, 0.6) is 0 Å². The van der Waals surface area contributed by atoms with Crippen molar-refractivity contribution in [1.29, 1.82) is 0 Å². The Morgan fingerprint density at radius 2 is 1.64 bits per heavy atom. The van der Waals surface area contributed by atoms with Gasteiger partial charge in [0.25, 0.3) is 0 Å². The van der Waals surface area contributed by atoms with E-state index in [1.54, 1.807) is 0 Å². The smallest absolute Gasteiger partial charge is 0.0654 e. The van der Waals surface area contributed by atoms with E-state index in [2.05, 4.69) is 78.5 Å². The highest BCUT2D eigenvalue weighted by atomic mass is 16.5. The van der Waals surface area contributed by atoms with Crippen LogP contribution in [0.25, 0.3) is 6.08 Å². The third-order valence-electron chi connectivity index (χ3n) is 5.23. The molecule has 2 aromatic rings. The Labute approximate surface area is 151 Å². The first-order valence-electron chi connectivity index (χ1n) is 9.14. The summed E-state index contributed by atoms with van der Waals surface area (Å²) in [5.74, 6) is 0. The second kappa shape index (κ2) is 8.77. The van der Waals surface area contributed by atoms with Gasteiger partial charge in [-0.2, -0.15) is 0 Å². The van der Waals surface area contributed by atoms with Crippen molar-refractivity contribution in [2.45, 2.75) is 37.2 Å². The first kappa shape index (κ1) is 17.6. The lowest BCUT2D eigenvalue weighted by Crippen LogP contribution is -2.37. The summed E-state index contributed by atoms with van der Waals surface area (Å²) in [6.45, 7) is 5.22. The van der Waals surface area contributed by atoms with Crippen molar-refractivity contribution >= 4 is 12.8 Å². The molecule has 0 atom stereocenters. The topological polar surface area (TPSA) is 21.6 Å². The maximum atomic E-state index is 6.08. The maximum Gasteiger partial charge on any atom is 0.0654 e. The van der Waals surface area contributed by atoms with E-state index in [1.165, 1.54) is 11.1 Å². The van der Waals surface area contributed by atoms with Crippen LogP contribution in [0.1, 0.15) is 36.8 Å². The Morgan fingerprint density at radius 1 is 1.00 bits per heavy atom. The SMILES string of the molecule is C=NCC1(c2ccccc2)CCC(OC/C=C/c2ccccc2)CC1. The van der Waals surface area contributed by atoms with Gasteiger partial charge in [0.1, 0.15) is 0 Å². The molecule has 0 saturated heterocycles. The largest absolute Gasteiger partial charge is 0.374 e. The molecule has 0 bridgehead atoms. The monoisotopic (exact) mass is 333 g/mol. The molecule has 1 saturated carbocycles. The van der Waals surface area contributed by atoms with Crippen LogP contribution in [0.4, 0.5) is 0 Å². The van der Waals surface area contributed by atoms with Crippen molar-refractivity contribution in [3.05, 3.63) is 77.9 Å².